The van der Waals surface area contributed by atoms with E-state index in [-0.39, 0.29) is 0 Å². The first kappa shape index (κ1) is 13.4. The van der Waals surface area contributed by atoms with Crippen molar-refractivity contribution in [3.8, 4) is 0 Å². The maximum Gasteiger partial charge on any atom is 0.0191 e. The summed E-state index contributed by atoms with van der Waals surface area (Å²) >= 11 is 0. The predicted molar refractivity (Wildman–Crippen MR) is 80.8 cm³/mol. The smallest absolute Gasteiger partial charge is 0.0191 e. The Morgan fingerprint density at radius 2 is 1.64 bits per heavy atom. The van der Waals surface area contributed by atoms with Gasteiger partial charge in [0.25, 0.3) is 0 Å². The first-order valence-corrected chi connectivity index (χ1v) is 11.6. The van der Waals surface area contributed by atoms with Gasteiger partial charge in [-0.25, -0.2) is 0 Å². The molecule has 1 rings (SSSR count). The van der Waals surface area contributed by atoms with E-state index in [0.29, 0.717) is 0 Å². The van der Waals surface area contributed by atoms with Crippen molar-refractivity contribution in [2.45, 2.75) is 11.8 Å². The van der Waals surface area contributed by atoms with Crippen LogP contribution in [0.3, 0.4) is 0 Å². The maximum absolute atomic E-state index is 2.18. The van der Waals surface area contributed by atoms with Crippen LogP contribution in [-0.2, 0) is 0 Å². The van der Waals surface area contributed by atoms with Crippen LogP contribution in [0.25, 0.3) is 0 Å². The van der Waals surface area contributed by atoms with E-state index >= 15 is 0 Å². The van der Waals surface area contributed by atoms with Crippen molar-refractivity contribution in [3.63, 3.8) is 0 Å². The molecule has 1 aromatic carbocycles. The van der Waals surface area contributed by atoms with Gasteiger partial charge in [-0.3, -0.25) is 0 Å². The molecule has 0 nitrogen and oxygen atoms in total. The molecular formula is C8H10S6. The second-order valence-electron chi connectivity index (χ2n) is 2.08. The lowest BCUT2D eigenvalue weighted by molar-refractivity contribution is 1.48. The van der Waals surface area contributed by atoms with Gasteiger partial charge in [-0.15, -0.1) is 0 Å². The molecule has 0 atom stereocenters. The molecule has 1 aromatic rings. The van der Waals surface area contributed by atoms with Crippen molar-refractivity contribution in [3.05, 3.63) is 30.3 Å². The lowest BCUT2D eigenvalue weighted by Crippen LogP contribution is -1.61. The van der Waals surface area contributed by atoms with Gasteiger partial charge in [-0.1, -0.05) is 35.9 Å². The molecule has 0 saturated heterocycles. The molecule has 0 aliphatic carbocycles. The fourth-order valence-electron chi connectivity index (χ4n) is 0.620. The molecule has 0 amide bonds. The summed E-state index contributed by atoms with van der Waals surface area (Å²) in [6, 6.07) is 10.5. The third-order valence-corrected chi connectivity index (χ3v) is 11.9. The average Bonchev–Trinajstić information content (AvgIpc) is 2.25. The molecule has 14 heavy (non-hydrogen) atoms. The van der Waals surface area contributed by atoms with Gasteiger partial charge in [-0.05, 0) is 62.2 Å². The molecule has 0 fully saturated rings. The van der Waals surface area contributed by atoms with E-state index in [1.54, 1.807) is 0 Å². The van der Waals surface area contributed by atoms with Crippen molar-refractivity contribution < 1.29 is 0 Å². The fourth-order valence-corrected chi connectivity index (χ4v) is 11.7. The highest BCUT2D eigenvalue weighted by Gasteiger charge is 1.95. The number of rotatable bonds is 7. The molecule has 0 radical (unpaired) electrons. The first-order valence-electron chi connectivity index (χ1n) is 3.94. The molecule has 0 bridgehead atoms. The minimum Gasteiger partial charge on any atom is -0.0820 e. The summed E-state index contributed by atoms with van der Waals surface area (Å²) in [6.07, 6.45) is 0. The second kappa shape index (κ2) is 9.54. The quantitative estimate of drug-likeness (QED) is 0.441. The van der Waals surface area contributed by atoms with Crippen LogP contribution in [0.2, 0.25) is 0 Å². The standard InChI is InChI=1S/C8H10S6/c1-2-9-11-13-14-12-10-8-6-4-3-5-7-8/h3-7H,2H2,1H3. The lowest BCUT2D eigenvalue weighted by Gasteiger charge is -1.98. The molecule has 0 aliphatic rings. The topological polar surface area (TPSA) is 0 Å². The molecule has 0 unspecified atom stereocenters. The summed E-state index contributed by atoms with van der Waals surface area (Å²) in [5.41, 5.74) is 0. The van der Waals surface area contributed by atoms with Crippen LogP contribution in [0.5, 0.6) is 0 Å². The van der Waals surface area contributed by atoms with Gasteiger partial charge >= 0.3 is 0 Å². The van der Waals surface area contributed by atoms with Crippen LogP contribution in [0.1, 0.15) is 6.92 Å². The van der Waals surface area contributed by atoms with Gasteiger partial charge < -0.3 is 0 Å². The van der Waals surface area contributed by atoms with Crippen LogP contribution in [0.4, 0.5) is 0 Å². The summed E-state index contributed by atoms with van der Waals surface area (Å²) in [7, 11) is 11.0. The Morgan fingerprint density at radius 3 is 2.36 bits per heavy atom. The molecule has 78 valence electrons. The van der Waals surface area contributed by atoms with Crippen LogP contribution in [-0.4, -0.2) is 5.75 Å². The molecular weight excluding hydrogens is 288 g/mol. The predicted octanol–water partition coefficient (Wildman–Crippen LogP) is 6.04. The molecule has 6 heteroatoms. The maximum atomic E-state index is 2.18. The zero-order valence-electron chi connectivity index (χ0n) is 7.54. The SMILES string of the molecule is CCSSSSSSc1ccccc1. The van der Waals surface area contributed by atoms with E-state index in [0.717, 1.165) is 0 Å². The largest absolute Gasteiger partial charge is 0.0820 e. The van der Waals surface area contributed by atoms with Gasteiger partial charge in [0.1, 0.15) is 0 Å². The van der Waals surface area contributed by atoms with E-state index in [1.807, 2.05) is 67.0 Å². The molecule has 0 aliphatic heterocycles. The highest BCUT2D eigenvalue weighted by Crippen LogP contribution is 2.53. The molecule has 0 heterocycles. The van der Waals surface area contributed by atoms with Crippen LogP contribution >= 0.6 is 60.9 Å². The van der Waals surface area contributed by atoms with Gasteiger partial charge in [0, 0.05) is 10.6 Å². The Balaban J connectivity index is 1.99. The Morgan fingerprint density at radius 1 is 0.929 bits per heavy atom. The lowest BCUT2D eigenvalue weighted by atomic mass is 10.4. The van der Waals surface area contributed by atoms with Crippen molar-refractivity contribution in [1.29, 1.82) is 0 Å². The van der Waals surface area contributed by atoms with Crippen LogP contribution in [0, 0.1) is 0 Å². The van der Waals surface area contributed by atoms with Gasteiger partial charge in [0.05, 0.1) is 0 Å². The van der Waals surface area contributed by atoms with Crippen molar-refractivity contribution in [2.24, 2.45) is 0 Å². The van der Waals surface area contributed by atoms with Gasteiger partial charge in [0.2, 0.25) is 0 Å². The highest BCUT2D eigenvalue weighted by atomic mass is 33.9. The first-order chi connectivity index (χ1) is 6.93. The fraction of sp³-hybridized carbons (Fsp3) is 0.250. The van der Waals surface area contributed by atoms with Crippen molar-refractivity contribution >= 4 is 60.9 Å². The van der Waals surface area contributed by atoms with E-state index < -0.39 is 0 Å². The number of hydrogen-bond donors (Lipinski definition) is 0. The molecule has 0 saturated carbocycles. The normalized spacial score (nSPS) is 10.4. The highest BCUT2D eigenvalue weighted by molar-refractivity contribution is 9.41. The Labute approximate surface area is 108 Å². The van der Waals surface area contributed by atoms with Gasteiger partial charge in [0.15, 0.2) is 0 Å². The summed E-state index contributed by atoms with van der Waals surface area (Å²) < 4.78 is 0. The minimum atomic E-state index is 1.18. The molecule has 0 aromatic heterocycles. The Hall–Kier alpha value is 1.32. The van der Waals surface area contributed by atoms with Crippen molar-refractivity contribution in [2.75, 3.05) is 5.75 Å². The minimum absolute atomic E-state index is 1.18. The number of benzene rings is 1. The third-order valence-electron chi connectivity index (χ3n) is 1.12. The molecule has 0 spiro atoms. The van der Waals surface area contributed by atoms with Crippen LogP contribution in [0.15, 0.2) is 35.2 Å². The zero-order chi connectivity index (χ0) is 10.1. The third kappa shape index (κ3) is 6.74. The monoisotopic (exact) mass is 298 g/mol. The zero-order valence-corrected chi connectivity index (χ0v) is 12.4. The number of hydrogen-bond acceptors (Lipinski definition) is 6. The van der Waals surface area contributed by atoms with E-state index in [4.69, 9.17) is 0 Å². The molecule has 0 N–H and O–H groups in total. The van der Waals surface area contributed by atoms with E-state index in [2.05, 4.69) is 31.2 Å². The van der Waals surface area contributed by atoms with E-state index in [1.165, 1.54) is 10.6 Å². The van der Waals surface area contributed by atoms with Crippen molar-refractivity contribution in [1.82, 2.24) is 0 Å². The summed E-state index contributed by atoms with van der Waals surface area (Å²) in [6.45, 7) is 2.18. The van der Waals surface area contributed by atoms with Gasteiger partial charge in [-0.2, -0.15) is 0 Å². The summed E-state index contributed by atoms with van der Waals surface area (Å²) in [5.74, 6) is 1.18. The second-order valence-corrected chi connectivity index (χ2v) is 11.8. The summed E-state index contributed by atoms with van der Waals surface area (Å²) in [4.78, 5) is 1.32. The Bertz CT molecular complexity index is 227. The average molecular weight is 299 g/mol. The van der Waals surface area contributed by atoms with Crippen LogP contribution < -0.4 is 0 Å². The summed E-state index contributed by atoms with van der Waals surface area (Å²) in [5, 5.41) is 0. The van der Waals surface area contributed by atoms with E-state index in [9.17, 15) is 0 Å². The Kier molecular flexibility index (Phi) is 9.12.